The van der Waals surface area contributed by atoms with Crippen LogP contribution in [0.25, 0.3) is 11.0 Å². The highest BCUT2D eigenvalue weighted by Crippen LogP contribution is 2.22. The summed E-state index contributed by atoms with van der Waals surface area (Å²) in [7, 11) is 0. The smallest absolute Gasteiger partial charge is 0.335 e. The summed E-state index contributed by atoms with van der Waals surface area (Å²) in [5, 5.41) is 9.07. The number of carbonyl (C=O) groups is 1. The van der Waals surface area contributed by atoms with Gasteiger partial charge in [-0.05, 0) is 37.5 Å². The average molecular weight is 276 g/mol. The number of carboxylic acids is 1. The van der Waals surface area contributed by atoms with Crippen molar-refractivity contribution in [2.45, 2.75) is 39.7 Å². The van der Waals surface area contributed by atoms with Gasteiger partial charge in [0.1, 0.15) is 0 Å². The molecule has 1 aromatic carbocycles. The molecule has 2 N–H and O–H groups in total. The number of imidazole rings is 1. The van der Waals surface area contributed by atoms with Gasteiger partial charge in [0.05, 0.1) is 16.6 Å². The Labute approximate surface area is 117 Å². The number of aromatic carboxylic acids is 1. The predicted octanol–water partition coefficient (Wildman–Crippen LogP) is 3.03. The molecule has 0 aliphatic heterocycles. The van der Waals surface area contributed by atoms with E-state index in [1.807, 2.05) is 6.92 Å². The van der Waals surface area contributed by atoms with Crippen LogP contribution >= 0.6 is 0 Å². The first-order valence-corrected chi connectivity index (χ1v) is 6.91. The molecular formula is C15H20N2O3. The van der Waals surface area contributed by atoms with Gasteiger partial charge < -0.3 is 10.1 Å². The SMILES string of the molecule is CCC(C)CC(C)n1c(=O)[nH]c2ccc(C(=O)O)cc21. The topological polar surface area (TPSA) is 75.1 Å². The van der Waals surface area contributed by atoms with Gasteiger partial charge in [0.2, 0.25) is 0 Å². The van der Waals surface area contributed by atoms with Crippen molar-refractivity contribution in [1.82, 2.24) is 9.55 Å². The molecule has 5 heteroatoms. The number of fused-ring (bicyclic) bond motifs is 1. The summed E-state index contributed by atoms with van der Waals surface area (Å²) in [4.78, 5) is 25.9. The summed E-state index contributed by atoms with van der Waals surface area (Å²) < 4.78 is 1.66. The van der Waals surface area contributed by atoms with E-state index in [9.17, 15) is 9.59 Å². The Balaban J connectivity index is 2.51. The second-order valence-corrected chi connectivity index (χ2v) is 5.44. The van der Waals surface area contributed by atoms with Crippen LogP contribution in [0.15, 0.2) is 23.0 Å². The minimum absolute atomic E-state index is 0.0373. The van der Waals surface area contributed by atoms with Crippen LogP contribution in [-0.4, -0.2) is 20.6 Å². The van der Waals surface area contributed by atoms with Crippen molar-refractivity contribution in [3.63, 3.8) is 0 Å². The normalized spacial score (nSPS) is 14.3. The van der Waals surface area contributed by atoms with Gasteiger partial charge in [-0.15, -0.1) is 0 Å². The Morgan fingerprint density at radius 3 is 2.70 bits per heavy atom. The van der Waals surface area contributed by atoms with Crippen molar-refractivity contribution in [2.75, 3.05) is 0 Å². The van der Waals surface area contributed by atoms with Crippen LogP contribution < -0.4 is 5.69 Å². The zero-order valence-electron chi connectivity index (χ0n) is 12.0. The lowest BCUT2D eigenvalue weighted by Crippen LogP contribution is -2.21. The van der Waals surface area contributed by atoms with E-state index in [0.717, 1.165) is 12.8 Å². The largest absolute Gasteiger partial charge is 0.478 e. The van der Waals surface area contributed by atoms with Crippen LogP contribution in [0, 0.1) is 5.92 Å². The fraction of sp³-hybridized carbons (Fsp3) is 0.467. The minimum Gasteiger partial charge on any atom is -0.478 e. The van der Waals surface area contributed by atoms with Gasteiger partial charge >= 0.3 is 11.7 Å². The number of nitrogens with one attached hydrogen (secondary N) is 1. The number of carboxylic acid groups (broad SMARTS) is 1. The Bertz CT molecular complexity index is 684. The van der Waals surface area contributed by atoms with E-state index in [2.05, 4.69) is 18.8 Å². The van der Waals surface area contributed by atoms with Crippen LogP contribution in [0.1, 0.15) is 50.0 Å². The number of H-pyrrole nitrogens is 1. The molecule has 0 aliphatic carbocycles. The number of hydrogen-bond acceptors (Lipinski definition) is 2. The maximum absolute atomic E-state index is 12.1. The van der Waals surface area contributed by atoms with Crippen LogP contribution in [-0.2, 0) is 0 Å². The van der Waals surface area contributed by atoms with Crippen LogP contribution in [0.3, 0.4) is 0 Å². The summed E-state index contributed by atoms with van der Waals surface area (Å²) in [5.74, 6) is -0.466. The van der Waals surface area contributed by atoms with Crippen molar-refractivity contribution < 1.29 is 9.90 Å². The Hall–Kier alpha value is -2.04. The van der Waals surface area contributed by atoms with Gasteiger partial charge in [0.15, 0.2) is 0 Å². The molecule has 0 amide bonds. The molecule has 2 atom stereocenters. The van der Waals surface area contributed by atoms with E-state index in [4.69, 9.17) is 5.11 Å². The van der Waals surface area contributed by atoms with Gasteiger partial charge in [0.25, 0.3) is 0 Å². The fourth-order valence-electron chi connectivity index (χ4n) is 2.55. The number of rotatable bonds is 5. The molecule has 1 heterocycles. The molecule has 20 heavy (non-hydrogen) atoms. The Morgan fingerprint density at radius 1 is 1.40 bits per heavy atom. The van der Waals surface area contributed by atoms with E-state index < -0.39 is 5.97 Å². The summed E-state index contributed by atoms with van der Waals surface area (Å²) >= 11 is 0. The highest BCUT2D eigenvalue weighted by atomic mass is 16.4. The molecule has 0 fully saturated rings. The molecule has 5 nitrogen and oxygen atoms in total. The van der Waals surface area contributed by atoms with E-state index in [0.29, 0.717) is 17.0 Å². The van der Waals surface area contributed by atoms with Gasteiger partial charge in [-0.3, -0.25) is 4.57 Å². The molecule has 0 saturated heterocycles. The Kier molecular flexibility index (Phi) is 3.97. The second kappa shape index (κ2) is 5.53. The number of aromatic nitrogens is 2. The number of nitrogens with zero attached hydrogens (tertiary/aromatic N) is 1. The first-order chi connectivity index (χ1) is 9.43. The molecule has 0 aliphatic rings. The molecule has 2 unspecified atom stereocenters. The van der Waals surface area contributed by atoms with Gasteiger partial charge in [0, 0.05) is 6.04 Å². The van der Waals surface area contributed by atoms with Crippen molar-refractivity contribution in [2.24, 2.45) is 5.92 Å². The fourth-order valence-corrected chi connectivity index (χ4v) is 2.55. The average Bonchev–Trinajstić information content (AvgIpc) is 2.73. The van der Waals surface area contributed by atoms with Crippen molar-refractivity contribution in [3.05, 3.63) is 34.2 Å². The minimum atomic E-state index is -0.985. The van der Waals surface area contributed by atoms with Crippen LogP contribution in [0.5, 0.6) is 0 Å². The summed E-state index contributed by atoms with van der Waals surface area (Å²) in [5.41, 5.74) is 1.35. The Morgan fingerprint density at radius 2 is 2.10 bits per heavy atom. The van der Waals surface area contributed by atoms with Crippen molar-refractivity contribution >= 4 is 17.0 Å². The third-order valence-electron chi connectivity index (χ3n) is 3.85. The molecule has 0 radical (unpaired) electrons. The maximum atomic E-state index is 12.1. The van der Waals surface area contributed by atoms with Crippen LogP contribution in [0.2, 0.25) is 0 Å². The van der Waals surface area contributed by atoms with E-state index in [-0.39, 0.29) is 17.3 Å². The summed E-state index contributed by atoms with van der Waals surface area (Å²) in [6.45, 7) is 6.27. The quantitative estimate of drug-likeness (QED) is 0.881. The third-order valence-corrected chi connectivity index (χ3v) is 3.85. The highest BCUT2D eigenvalue weighted by Gasteiger charge is 2.16. The number of aromatic amines is 1. The number of hydrogen-bond donors (Lipinski definition) is 2. The lowest BCUT2D eigenvalue weighted by Gasteiger charge is -2.17. The van der Waals surface area contributed by atoms with Gasteiger partial charge in [-0.25, -0.2) is 9.59 Å². The molecule has 0 bridgehead atoms. The number of benzene rings is 1. The van der Waals surface area contributed by atoms with Crippen molar-refractivity contribution in [3.8, 4) is 0 Å². The molecule has 2 rings (SSSR count). The zero-order chi connectivity index (χ0) is 14.9. The first kappa shape index (κ1) is 14.4. The molecule has 108 valence electrons. The second-order valence-electron chi connectivity index (χ2n) is 5.44. The molecular weight excluding hydrogens is 256 g/mol. The standard InChI is InChI=1S/C15H20N2O3/c1-4-9(2)7-10(3)17-13-8-11(14(18)19)5-6-12(13)16-15(17)20/h5-6,8-10H,4,7H2,1-3H3,(H,16,20)(H,18,19). The molecule has 1 aromatic heterocycles. The summed E-state index contributed by atoms with van der Waals surface area (Å²) in [6, 6.07) is 4.75. The highest BCUT2D eigenvalue weighted by molar-refractivity contribution is 5.92. The van der Waals surface area contributed by atoms with Crippen LogP contribution in [0.4, 0.5) is 0 Å². The zero-order valence-corrected chi connectivity index (χ0v) is 12.0. The van der Waals surface area contributed by atoms with Gasteiger partial charge in [-0.1, -0.05) is 20.3 Å². The molecule has 2 aromatic rings. The maximum Gasteiger partial charge on any atom is 0.335 e. The summed E-state index contributed by atoms with van der Waals surface area (Å²) in [6.07, 6.45) is 1.95. The first-order valence-electron chi connectivity index (χ1n) is 6.91. The van der Waals surface area contributed by atoms with E-state index >= 15 is 0 Å². The lowest BCUT2D eigenvalue weighted by atomic mass is 10.00. The van der Waals surface area contributed by atoms with E-state index in [1.54, 1.807) is 16.7 Å². The van der Waals surface area contributed by atoms with E-state index in [1.165, 1.54) is 6.07 Å². The lowest BCUT2D eigenvalue weighted by molar-refractivity contribution is 0.0697. The monoisotopic (exact) mass is 276 g/mol. The molecule has 0 saturated carbocycles. The molecule has 0 spiro atoms. The third kappa shape index (κ3) is 2.61. The van der Waals surface area contributed by atoms with Gasteiger partial charge in [-0.2, -0.15) is 0 Å². The predicted molar refractivity (Wildman–Crippen MR) is 78.3 cm³/mol. The van der Waals surface area contributed by atoms with Crippen molar-refractivity contribution in [1.29, 1.82) is 0 Å².